The Kier molecular flexibility index (Phi) is 4.02. The van der Waals surface area contributed by atoms with Gasteiger partial charge in [-0.2, -0.15) is 0 Å². The minimum absolute atomic E-state index is 0.0182. The summed E-state index contributed by atoms with van der Waals surface area (Å²) < 4.78 is 4.82. The Morgan fingerprint density at radius 1 is 1.31 bits per heavy atom. The van der Waals surface area contributed by atoms with Gasteiger partial charge in [-0.05, 0) is 19.1 Å². The fourth-order valence-corrected chi connectivity index (χ4v) is 1.13. The quantitative estimate of drug-likeness (QED) is 0.743. The lowest BCUT2D eigenvalue weighted by Crippen LogP contribution is -2.20. The number of rotatable bonds is 4. The molecular weight excluding hydrogens is 212 g/mol. The van der Waals surface area contributed by atoms with E-state index in [-0.39, 0.29) is 17.7 Å². The Bertz CT molecular complexity index is 399. The molecular formula is C11H12O5. The number of ether oxygens (including phenoxy) is 1. The molecule has 2 N–H and O–H groups in total. The fraction of sp³-hybridized carbons (Fsp3) is 0.273. The number of aliphatic hydroxyl groups is 1. The van der Waals surface area contributed by atoms with E-state index in [4.69, 9.17) is 14.9 Å². The molecule has 1 unspecified atom stereocenters. The molecule has 1 aromatic rings. The number of carboxylic acid groups (broad SMARTS) is 1. The highest BCUT2D eigenvalue weighted by Gasteiger charge is 2.18. The lowest BCUT2D eigenvalue weighted by molar-refractivity contribution is 0.0193. The second kappa shape index (κ2) is 5.27. The molecule has 0 heterocycles. The third-order valence-electron chi connectivity index (χ3n) is 1.94. The second-order valence-corrected chi connectivity index (χ2v) is 3.25. The van der Waals surface area contributed by atoms with Crippen LogP contribution < -0.4 is 0 Å². The molecule has 0 fully saturated rings. The van der Waals surface area contributed by atoms with E-state index in [1.807, 2.05) is 0 Å². The SMILES string of the molecule is CC(CO)OC(=O)c1ccccc1C(=O)O. The summed E-state index contributed by atoms with van der Waals surface area (Å²) in [5, 5.41) is 17.6. The predicted molar refractivity (Wildman–Crippen MR) is 55.4 cm³/mol. The first-order valence-electron chi connectivity index (χ1n) is 4.70. The molecule has 0 saturated carbocycles. The average molecular weight is 224 g/mol. The summed E-state index contributed by atoms with van der Waals surface area (Å²) in [4.78, 5) is 22.4. The molecule has 1 aromatic carbocycles. The number of hydrogen-bond donors (Lipinski definition) is 2. The van der Waals surface area contributed by atoms with E-state index in [9.17, 15) is 9.59 Å². The van der Waals surface area contributed by atoms with Gasteiger partial charge in [-0.25, -0.2) is 9.59 Å². The highest BCUT2D eigenvalue weighted by atomic mass is 16.5. The summed E-state index contributed by atoms with van der Waals surface area (Å²) in [5.74, 6) is -1.94. The molecule has 86 valence electrons. The van der Waals surface area contributed by atoms with Crippen LogP contribution in [0, 0.1) is 0 Å². The second-order valence-electron chi connectivity index (χ2n) is 3.25. The maximum atomic E-state index is 11.5. The molecule has 1 atom stereocenters. The van der Waals surface area contributed by atoms with Crippen LogP contribution in [0.5, 0.6) is 0 Å². The number of carbonyl (C=O) groups excluding carboxylic acids is 1. The minimum Gasteiger partial charge on any atom is -0.478 e. The summed E-state index contributed by atoms with van der Waals surface area (Å²) in [6.07, 6.45) is -0.658. The molecule has 0 radical (unpaired) electrons. The molecule has 0 aliphatic heterocycles. The Labute approximate surface area is 92.3 Å². The normalized spacial score (nSPS) is 11.9. The highest BCUT2D eigenvalue weighted by molar-refractivity contribution is 6.02. The fourth-order valence-electron chi connectivity index (χ4n) is 1.13. The first-order chi connectivity index (χ1) is 7.56. The van der Waals surface area contributed by atoms with Crippen molar-refractivity contribution >= 4 is 11.9 Å². The number of carbonyl (C=O) groups is 2. The first kappa shape index (κ1) is 12.2. The predicted octanol–water partition coefficient (Wildman–Crippen LogP) is 0.922. The van der Waals surface area contributed by atoms with Gasteiger partial charge in [-0.3, -0.25) is 0 Å². The smallest absolute Gasteiger partial charge is 0.339 e. The molecule has 5 heteroatoms. The monoisotopic (exact) mass is 224 g/mol. The van der Waals surface area contributed by atoms with E-state index in [1.165, 1.54) is 25.1 Å². The molecule has 0 aliphatic carbocycles. The van der Waals surface area contributed by atoms with Crippen molar-refractivity contribution < 1.29 is 24.5 Å². The van der Waals surface area contributed by atoms with Crippen molar-refractivity contribution in [2.75, 3.05) is 6.61 Å². The third kappa shape index (κ3) is 2.80. The Morgan fingerprint density at radius 2 is 1.88 bits per heavy atom. The largest absolute Gasteiger partial charge is 0.478 e. The van der Waals surface area contributed by atoms with Gasteiger partial charge >= 0.3 is 11.9 Å². The maximum Gasteiger partial charge on any atom is 0.339 e. The Morgan fingerprint density at radius 3 is 2.38 bits per heavy atom. The third-order valence-corrected chi connectivity index (χ3v) is 1.94. The van der Waals surface area contributed by atoms with Crippen LogP contribution in [0.25, 0.3) is 0 Å². The van der Waals surface area contributed by atoms with E-state index in [0.717, 1.165) is 0 Å². The van der Waals surface area contributed by atoms with Gasteiger partial charge in [0.25, 0.3) is 0 Å². The summed E-state index contributed by atoms with van der Waals surface area (Å²) in [7, 11) is 0. The lowest BCUT2D eigenvalue weighted by atomic mass is 10.1. The van der Waals surface area contributed by atoms with Crippen molar-refractivity contribution in [3.8, 4) is 0 Å². The van der Waals surface area contributed by atoms with E-state index >= 15 is 0 Å². The van der Waals surface area contributed by atoms with Gasteiger partial charge in [-0.15, -0.1) is 0 Å². The standard InChI is InChI=1S/C11H12O5/c1-7(6-12)16-11(15)9-5-3-2-4-8(9)10(13)14/h2-5,7,12H,6H2,1H3,(H,13,14). The minimum atomic E-state index is -1.19. The van der Waals surface area contributed by atoms with Gasteiger partial charge in [-0.1, -0.05) is 12.1 Å². The van der Waals surface area contributed by atoms with E-state index in [1.54, 1.807) is 6.07 Å². The molecule has 0 bridgehead atoms. The van der Waals surface area contributed by atoms with Crippen molar-refractivity contribution in [3.05, 3.63) is 35.4 Å². The molecule has 1 rings (SSSR count). The molecule has 0 saturated heterocycles. The zero-order chi connectivity index (χ0) is 12.1. The number of hydrogen-bond acceptors (Lipinski definition) is 4. The molecule has 5 nitrogen and oxygen atoms in total. The van der Waals surface area contributed by atoms with E-state index in [0.29, 0.717) is 0 Å². The zero-order valence-corrected chi connectivity index (χ0v) is 8.71. The summed E-state index contributed by atoms with van der Waals surface area (Å²) in [6.45, 7) is 1.21. The van der Waals surface area contributed by atoms with Crippen LogP contribution in [-0.4, -0.2) is 34.9 Å². The van der Waals surface area contributed by atoms with Crippen molar-refractivity contribution in [3.63, 3.8) is 0 Å². The van der Waals surface area contributed by atoms with Crippen LogP contribution in [0.4, 0.5) is 0 Å². The average Bonchev–Trinajstić information content (AvgIpc) is 2.28. The zero-order valence-electron chi connectivity index (χ0n) is 8.71. The van der Waals surface area contributed by atoms with Crippen LogP contribution >= 0.6 is 0 Å². The van der Waals surface area contributed by atoms with Gasteiger partial charge in [0.05, 0.1) is 17.7 Å². The first-order valence-corrected chi connectivity index (χ1v) is 4.70. The van der Waals surface area contributed by atoms with Gasteiger partial charge in [0, 0.05) is 0 Å². The highest BCUT2D eigenvalue weighted by Crippen LogP contribution is 2.11. The summed E-state index contributed by atoms with van der Waals surface area (Å²) in [5.41, 5.74) is -0.132. The summed E-state index contributed by atoms with van der Waals surface area (Å²) in [6, 6.07) is 5.76. The van der Waals surface area contributed by atoms with Crippen LogP contribution in [0.2, 0.25) is 0 Å². The Balaban J connectivity index is 2.95. The number of benzene rings is 1. The van der Waals surface area contributed by atoms with Crippen LogP contribution in [0.15, 0.2) is 24.3 Å². The van der Waals surface area contributed by atoms with Crippen LogP contribution in [0.1, 0.15) is 27.6 Å². The number of esters is 1. The van der Waals surface area contributed by atoms with Gasteiger partial charge in [0.1, 0.15) is 6.10 Å². The molecule has 16 heavy (non-hydrogen) atoms. The molecule has 0 amide bonds. The van der Waals surface area contributed by atoms with E-state index < -0.39 is 18.0 Å². The van der Waals surface area contributed by atoms with Crippen molar-refractivity contribution in [1.82, 2.24) is 0 Å². The molecule has 0 spiro atoms. The van der Waals surface area contributed by atoms with Crippen molar-refractivity contribution in [1.29, 1.82) is 0 Å². The van der Waals surface area contributed by atoms with Gasteiger partial charge in [0.2, 0.25) is 0 Å². The maximum absolute atomic E-state index is 11.5. The van der Waals surface area contributed by atoms with Crippen LogP contribution in [0.3, 0.4) is 0 Å². The molecule has 0 aromatic heterocycles. The van der Waals surface area contributed by atoms with Gasteiger partial charge in [0.15, 0.2) is 0 Å². The van der Waals surface area contributed by atoms with Crippen LogP contribution in [-0.2, 0) is 4.74 Å². The molecule has 0 aliphatic rings. The summed E-state index contributed by atoms with van der Waals surface area (Å²) >= 11 is 0. The Hall–Kier alpha value is -1.88. The van der Waals surface area contributed by atoms with E-state index in [2.05, 4.69) is 0 Å². The lowest BCUT2D eigenvalue weighted by Gasteiger charge is -2.11. The number of aliphatic hydroxyl groups excluding tert-OH is 1. The topological polar surface area (TPSA) is 83.8 Å². The van der Waals surface area contributed by atoms with Gasteiger partial charge < -0.3 is 14.9 Å². The number of carboxylic acids is 1. The number of aromatic carboxylic acids is 1. The van der Waals surface area contributed by atoms with Crippen molar-refractivity contribution in [2.24, 2.45) is 0 Å². The van der Waals surface area contributed by atoms with Crippen molar-refractivity contribution in [2.45, 2.75) is 13.0 Å².